The molecule has 0 radical (unpaired) electrons. The lowest BCUT2D eigenvalue weighted by molar-refractivity contribution is 0.0940. The number of para-hydroxylation sites is 1. The Bertz CT molecular complexity index is 903. The van der Waals surface area contributed by atoms with Crippen LogP contribution in [-0.4, -0.2) is 10.9 Å². The van der Waals surface area contributed by atoms with E-state index in [1.165, 1.54) is 0 Å². The highest BCUT2D eigenvalue weighted by Gasteiger charge is 2.12. The van der Waals surface area contributed by atoms with E-state index in [0.29, 0.717) is 12.0 Å². The van der Waals surface area contributed by atoms with Crippen LogP contribution in [0.5, 0.6) is 0 Å². The first-order chi connectivity index (χ1) is 12.2. The molecule has 3 rings (SSSR count). The van der Waals surface area contributed by atoms with E-state index in [1.807, 2.05) is 67.6 Å². The second-order valence-electron chi connectivity index (χ2n) is 5.88. The summed E-state index contributed by atoms with van der Waals surface area (Å²) in [5.41, 5.74) is 9.87. The summed E-state index contributed by atoms with van der Waals surface area (Å²) < 4.78 is 0. The number of hydrazine groups is 1. The molecule has 1 amide bonds. The molecule has 2 N–H and O–H groups in total. The van der Waals surface area contributed by atoms with Gasteiger partial charge in [-0.15, -0.1) is 0 Å². The van der Waals surface area contributed by atoms with Gasteiger partial charge in [0.05, 0.1) is 11.1 Å². The third-order valence-corrected chi connectivity index (χ3v) is 3.99. The summed E-state index contributed by atoms with van der Waals surface area (Å²) in [4.78, 5) is 17.2. The fourth-order valence-electron chi connectivity index (χ4n) is 2.70. The molecule has 3 aromatic rings. The zero-order chi connectivity index (χ0) is 17.6. The molecular weight excluding hydrogens is 310 g/mol. The summed E-state index contributed by atoms with van der Waals surface area (Å²) in [5.74, 6) is -0.192. The molecule has 0 aliphatic rings. The van der Waals surface area contributed by atoms with Crippen molar-refractivity contribution in [3.8, 4) is 0 Å². The Hall–Kier alpha value is -3.14. The van der Waals surface area contributed by atoms with Crippen LogP contribution in [0, 0.1) is 0 Å². The number of carbonyl (C=O) groups excluding carboxylic acids is 1. The van der Waals surface area contributed by atoms with Gasteiger partial charge in [0.15, 0.2) is 0 Å². The van der Waals surface area contributed by atoms with Crippen molar-refractivity contribution in [2.45, 2.75) is 19.8 Å². The van der Waals surface area contributed by atoms with Crippen LogP contribution in [0.3, 0.4) is 0 Å². The summed E-state index contributed by atoms with van der Waals surface area (Å²) >= 11 is 0. The number of hydrogen-bond acceptors (Lipinski definition) is 3. The largest absolute Gasteiger partial charge is 0.303 e. The molecule has 1 heterocycles. The van der Waals surface area contributed by atoms with Gasteiger partial charge in [0.25, 0.3) is 5.91 Å². The van der Waals surface area contributed by atoms with Gasteiger partial charge in [-0.05, 0) is 24.1 Å². The molecular formula is C21H21N3O. The Labute approximate surface area is 147 Å². The van der Waals surface area contributed by atoms with E-state index in [-0.39, 0.29) is 5.91 Å². The Morgan fingerprint density at radius 3 is 2.52 bits per heavy atom. The number of pyridine rings is 1. The lowest BCUT2D eigenvalue weighted by Crippen LogP contribution is -2.37. The lowest BCUT2D eigenvalue weighted by Gasteiger charge is -2.13. The van der Waals surface area contributed by atoms with Crippen molar-refractivity contribution in [1.29, 1.82) is 0 Å². The standard InChI is InChI=1S/C21H21N3O/c1-3-17-14-19(18-11-7-8-12-20(18)22-17)21(25)24-23-15(2)13-16-9-5-4-6-10-16/h4-12,14,23H,2-3,13H2,1H3,(H,24,25). The number of rotatable bonds is 6. The van der Waals surface area contributed by atoms with Crippen molar-refractivity contribution < 1.29 is 4.79 Å². The molecule has 0 atom stereocenters. The minimum atomic E-state index is -0.192. The van der Waals surface area contributed by atoms with Crippen LogP contribution in [0.25, 0.3) is 10.9 Å². The highest BCUT2D eigenvalue weighted by molar-refractivity contribution is 6.06. The normalized spacial score (nSPS) is 10.4. The van der Waals surface area contributed by atoms with E-state index in [4.69, 9.17) is 0 Å². The number of nitrogens with one attached hydrogen (secondary N) is 2. The minimum absolute atomic E-state index is 0.192. The quantitative estimate of drug-likeness (QED) is 0.676. The van der Waals surface area contributed by atoms with E-state index < -0.39 is 0 Å². The molecule has 126 valence electrons. The molecule has 0 saturated heterocycles. The van der Waals surface area contributed by atoms with Gasteiger partial charge in [-0.3, -0.25) is 15.2 Å². The monoisotopic (exact) mass is 331 g/mol. The van der Waals surface area contributed by atoms with Gasteiger partial charge in [0.2, 0.25) is 0 Å². The summed E-state index contributed by atoms with van der Waals surface area (Å²) in [6.07, 6.45) is 1.43. The average molecular weight is 331 g/mol. The number of nitrogens with zero attached hydrogens (tertiary/aromatic N) is 1. The van der Waals surface area contributed by atoms with Gasteiger partial charge >= 0.3 is 0 Å². The number of carbonyl (C=O) groups is 1. The molecule has 0 spiro atoms. The number of allylic oxidation sites excluding steroid dienone is 1. The summed E-state index contributed by atoms with van der Waals surface area (Å²) in [6.45, 7) is 6.00. The minimum Gasteiger partial charge on any atom is -0.303 e. The van der Waals surface area contributed by atoms with Crippen molar-refractivity contribution in [2.75, 3.05) is 0 Å². The van der Waals surface area contributed by atoms with Crippen LogP contribution in [0.4, 0.5) is 0 Å². The van der Waals surface area contributed by atoms with Crippen LogP contribution >= 0.6 is 0 Å². The van der Waals surface area contributed by atoms with Crippen molar-refractivity contribution in [3.63, 3.8) is 0 Å². The predicted octanol–water partition coefficient (Wildman–Crippen LogP) is 3.79. The van der Waals surface area contributed by atoms with Crippen molar-refractivity contribution in [2.24, 2.45) is 0 Å². The number of fused-ring (bicyclic) bond motifs is 1. The van der Waals surface area contributed by atoms with Crippen LogP contribution < -0.4 is 10.9 Å². The first-order valence-corrected chi connectivity index (χ1v) is 8.34. The Kier molecular flexibility index (Phi) is 5.09. The summed E-state index contributed by atoms with van der Waals surface area (Å²) in [6, 6.07) is 19.5. The Morgan fingerprint density at radius 1 is 1.04 bits per heavy atom. The molecule has 4 heteroatoms. The molecule has 0 aliphatic heterocycles. The second-order valence-corrected chi connectivity index (χ2v) is 5.88. The molecule has 0 saturated carbocycles. The molecule has 0 unspecified atom stereocenters. The molecule has 1 aromatic heterocycles. The number of aryl methyl sites for hydroxylation is 1. The van der Waals surface area contributed by atoms with E-state index >= 15 is 0 Å². The maximum atomic E-state index is 12.6. The van der Waals surface area contributed by atoms with Gasteiger partial charge < -0.3 is 5.43 Å². The highest BCUT2D eigenvalue weighted by Crippen LogP contribution is 2.18. The molecule has 0 aliphatic carbocycles. The first-order valence-electron chi connectivity index (χ1n) is 8.34. The third-order valence-electron chi connectivity index (χ3n) is 3.99. The number of benzene rings is 2. The topological polar surface area (TPSA) is 54.0 Å². The van der Waals surface area contributed by atoms with Crippen LogP contribution in [0.15, 0.2) is 72.9 Å². The van der Waals surface area contributed by atoms with E-state index in [1.54, 1.807) is 0 Å². The molecule has 2 aromatic carbocycles. The fraction of sp³-hybridized carbons (Fsp3) is 0.143. The van der Waals surface area contributed by atoms with Gasteiger partial charge in [0.1, 0.15) is 0 Å². The predicted molar refractivity (Wildman–Crippen MR) is 101 cm³/mol. The number of hydrogen-bond donors (Lipinski definition) is 2. The van der Waals surface area contributed by atoms with Crippen molar-refractivity contribution in [3.05, 3.63) is 89.8 Å². The van der Waals surface area contributed by atoms with Crippen molar-refractivity contribution >= 4 is 16.8 Å². The van der Waals surface area contributed by atoms with Gasteiger partial charge in [-0.1, -0.05) is 62.0 Å². The summed E-state index contributed by atoms with van der Waals surface area (Å²) in [5, 5.41) is 0.840. The first kappa shape index (κ1) is 16.7. The molecule has 0 bridgehead atoms. The van der Waals surface area contributed by atoms with Crippen LogP contribution in [0.2, 0.25) is 0 Å². The van der Waals surface area contributed by atoms with Gasteiger partial charge in [-0.25, -0.2) is 0 Å². The zero-order valence-corrected chi connectivity index (χ0v) is 14.3. The molecule has 4 nitrogen and oxygen atoms in total. The van der Waals surface area contributed by atoms with Crippen molar-refractivity contribution in [1.82, 2.24) is 15.8 Å². The summed E-state index contributed by atoms with van der Waals surface area (Å²) in [7, 11) is 0. The van der Waals surface area contributed by atoms with E-state index in [9.17, 15) is 4.79 Å². The Balaban J connectivity index is 1.73. The van der Waals surface area contributed by atoms with Gasteiger partial charge in [-0.2, -0.15) is 0 Å². The zero-order valence-electron chi connectivity index (χ0n) is 14.3. The number of aromatic nitrogens is 1. The smallest absolute Gasteiger partial charge is 0.270 e. The highest BCUT2D eigenvalue weighted by atomic mass is 16.2. The lowest BCUT2D eigenvalue weighted by atomic mass is 10.1. The van der Waals surface area contributed by atoms with E-state index in [2.05, 4.69) is 22.4 Å². The third kappa shape index (κ3) is 4.04. The maximum absolute atomic E-state index is 12.6. The van der Waals surface area contributed by atoms with Crippen LogP contribution in [0.1, 0.15) is 28.5 Å². The van der Waals surface area contributed by atoms with Crippen LogP contribution in [-0.2, 0) is 12.8 Å². The van der Waals surface area contributed by atoms with E-state index in [0.717, 1.165) is 34.3 Å². The average Bonchev–Trinajstić information content (AvgIpc) is 2.66. The fourth-order valence-corrected chi connectivity index (χ4v) is 2.70. The molecule has 0 fully saturated rings. The van der Waals surface area contributed by atoms with Gasteiger partial charge in [0, 0.05) is 23.2 Å². The number of amides is 1. The maximum Gasteiger partial charge on any atom is 0.270 e. The second kappa shape index (κ2) is 7.62. The Morgan fingerprint density at radius 2 is 1.76 bits per heavy atom. The molecule has 25 heavy (non-hydrogen) atoms. The SMILES string of the molecule is C=C(Cc1ccccc1)NNC(=O)c1cc(CC)nc2ccccc12.